The zero-order chi connectivity index (χ0) is 18.1. The molecule has 0 aliphatic carbocycles. The second-order valence-electron chi connectivity index (χ2n) is 6.47. The number of hydrogen-bond donors (Lipinski definition) is 0. The highest BCUT2D eigenvalue weighted by Crippen LogP contribution is 2.23. The van der Waals surface area contributed by atoms with Gasteiger partial charge in [0.15, 0.2) is 5.82 Å². The summed E-state index contributed by atoms with van der Waals surface area (Å²) in [5, 5.41) is 8.06. The Hall–Kier alpha value is -3.03. The fraction of sp³-hybridized carbons (Fsp3) is 0.333. The zero-order valence-electron chi connectivity index (χ0n) is 14.3. The molecule has 0 spiro atoms. The fourth-order valence-corrected chi connectivity index (χ4v) is 3.23. The first-order valence-corrected chi connectivity index (χ1v) is 8.46. The molecule has 2 aromatic heterocycles. The molecule has 0 N–H and O–H groups in total. The number of likely N-dealkylation sites (tertiary alicyclic amines) is 1. The number of rotatable bonds is 4. The average molecular weight is 355 g/mol. The highest BCUT2D eigenvalue weighted by molar-refractivity contribution is 5.92. The maximum Gasteiger partial charge on any atom is 0.272 e. The number of nitrogens with zero attached hydrogens (tertiary/aromatic N) is 5. The molecule has 1 atom stereocenters. The van der Waals surface area contributed by atoms with E-state index in [1.165, 1.54) is 12.1 Å². The molecular weight excluding hydrogens is 337 g/mol. The Bertz CT molecular complexity index is 918. The van der Waals surface area contributed by atoms with E-state index in [9.17, 15) is 9.18 Å². The number of carbonyl (C=O) groups excluding carboxylic acids is 1. The van der Waals surface area contributed by atoms with Crippen molar-refractivity contribution in [1.82, 2.24) is 24.8 Å². The molecule has 7 nitrogen and oxygen atoms in total. The summed E-state index contributed by atoms with van der Waals surface area (Å²) < 4.78 is 19.9. The lowest BCUT2D eigenvalue weighted by atomic mass is 10.1. The summed E-state index contributed by atoms with van der Waals surface area (Å²) in [5.41, 5.74) is 1.27. The lowest BCUT2D eigenvalue weighted by Gasteiger charge is -2.16. The summed E-state index contributed by atoms with van der Waals surface area (Å²) in [6.45, 7) is 1.36. The predicted molar refractivity (Wildman–Crippen MR) is 90.6 cm³/mol. The number of carbonyl (C=O) groups is 1. The van der Waals surface area contributed by atoms with Crippen LogP contribution in [0.3, 0.4) is 0 Å². The number of amides is 1. The molecule has 1 aliphatic rings. The standard InChI is InChI=1S/C18H18FN5O2/c1-23-15(6-8-20-23)18(25)24-9-7-12(11-24)10-16-21-17(26-22-16)13-2-4-14(19)5-3-13/h2-6,8,12H,7,9-11H2,1H3. The van der Waals surface area contributed by atoms with Crippen molar-refractivity contribution in [3.63, 3.8) is 0 Å². The first-order chi connectivity index (χ1) is 12.6. The van der Waals surface area contributed by atoms with E-state index >= 15 is 0 Å². The maximum atomic E-state index is 13.0. The van der Waals surface area contributed by atoms with Gasteiger partial charge in [0.2, 0.25) is 0 Å². The van der Waals surface area contributed by atoms with E-state index in [1.54, 1.807) is 36.1 Å². The molecule has 1 unspecified atom stereocenters. The molecule has 1 amide bonds. The second kappa shape index (κ2) is 6.70. The van der Waals surface area contributed by atoms with Gasteiger partial charge in [-0.1, -0.05) is 5.16 Å². The molecule has 8 heteroatoms. The van der Waals surface area contributed by atoms with Gasteiger partial charge in [0.25, 0.3) is 11.8 Å². The van der Waals surface area contributed by atoms with Gasteiger partial charge in [0.1, 0.15) is 11.5 Å². The van der Waals surface area contributed by atoms with Crippen LogP contribution in [0.15, 0.2) is 41.1 Å². The van der Waals surface area contributed by atoms with E-state index in [0.29, 0.717) is 42.5 Å². The van der Waals surface area contributed by atoms with E-state index in [4.69, 9.17) is 4.52 Å². The SMILES string of the molecule is Cn1nccc1C(=O)N1CCC(Cc2noc(-c3ccc(F)cc3)n2)C1. The van der Waals surface area contributed by atoms with E-state index in [0.717, 1.165) is 6.42 Å². The molecule has 0 saturated carbocycles. The lowest BCUT2D eigenvalue weighted by Crippen LogP contribution is -2.30. The Balaban J connectivity index is 1.39. The van der Waals surface area contributed by atoms with Crippen molar-refractivity contribution < 1.29 is 13.7 Å². The van der Waals surface area contributed by atoms with Crippen molar-refractivity contribution >= 4 is 5.91 Å². The number of halogens is 1. The minimum absolute atomic E-state index is 0.00684. The molecule has 3 aromatic rings. The molecule has 4 rings (SSSR count). The Morgan fingerprint density at radius 3 is 2.85 bits per heavy atom. The highest BCUT2D eigenvalue weighted by Gasteiger charge is 2.29. The summed E-state index contributed by atoms with van der Waals surface area (Å²) in [5.74, 6) is 0.945. The molecule has 0 bridgehead atoms. The van der Waals surface area contributed by atoms with Crippen LogP contribution in [0.1, 0.15) is 22.7 Å². The molecule has 0 radical (unpaired) electrons. The minimum atomic E-state index is -0.308. The Kier molecular flexibility index (Phi) is 4.24. The van der Waals surface area contributed by atoms with Crippen LogP contribution in [0.2, 0.25) is 0 Å². The van der Waals surface area contributed by atoms with Gasteiger partial charge in [-0.15, -0.1) is 0 Å². The minimum Gasteiger partial charge on any atom is -0.337 e. The third kappa shape index (κ3) is 3.22. The van der Waals surface area contributed by atoms with Crippen LogP contribution in [0, 0.1) is 11.7 Å². The van der Waals surface area contributed by atoms with Crippen molar-refractivity contribution in [2.45, 2.75) is 12.8 Å². The van der Waals surface area contributed by atoms with Crippen molar-refractivity contribution in [3.8, 4) is 11.5 Å². The second-order valence-corrected chi connectivity index (χ2v) is 6.47. The van der Waals surface area contributed by atoms with Gasteiger partial charge in [-0.2, -0.15) is 10.1 Å². The van der Waals surface area contributed by atoms with E-state index in [1.807, 2.05) is 4.90 Å². The molecule has 1 aliphatic heterocycles. The topological polar surface area (TPSA) is 77.0 Å². The molecule has 3 heterocycles. The third-order valence-electron chi connectivity index (χ3n) is 4.64. The third-order valence-corrected chi connectivity index (χ3v) is 4.64. The van der Waals surface area contributed by atoms with Crippen LogP contribution < -0.4 is 0 Å². The van der Waals surface area contributed by atoms with E-state index in [-0.39, 0.29) is 17.6 Å². The van der Waals surface area contributed by atoms with E-state index < -0.39 is 0 Å². The summed E-state index contributed by atoms with van der Waals surface area (Å²) in [7, 11) is 1.76. The number of aryl methyl sites for hydroxylation is 1. The predicted octanol–water partition coefficient (Wildman–Crippen LogP) is 2.31. The summed E-state index contributed by atoms with van der Waals surface area (Å²) in [6.07, 6.45) is 3.15. The molecular formula is C18H18FN5O2. The number of hydrogen-bond acceptors (Lipinski definition) is 5. The van der Waals surface area contributed by atoms with Gasteiger partial charge in [-0.05, 0) is 42.7 Å². The highest BCUT2D eigenvalue weighted by atomic mass is 19.1. The normalized spacial score (nSPS) is 17.0. The summed E-state index contributed by atoms with van der Waals surface area (Å²) in [4.78, 5) is 18.8. The van der Waals surface area contributed by atoms with Crippen LogP contribution >= 0.6 is 0 Å². The molecule has 26 heavy (non-hydrogen) atoms. The van der Waals surface area contributed by atoms with Gasteiger partial charge in [0.05, 0.1) is 0 Å². The van der Waals surface area contributed by atoms with Crippen LogP contribution in [-0.2, 0) is 13.5 Å². The van der Waals surface area contributed by atoms with Crippen LogP contribution in [0.4, 0.5) is 4.39 Å². The number of aromatic nitrogens is 4. The van der Waals surface area contributed by atoms with Crippen molar-refractivity contribution in [2.75, 3.05) is 13.1 Å². The molecule has 1 saturated heterocycles. The first kappa shape index (κ1) is 16.4. The Morgan fingerprint density at radius 2 is 2.12 bits per heavy atom. The summed E-state index contributed by atoms with van der Waals surface area (Å²) >= 11 is 0. The first-order valence-electron chi connectivity index (χ1n) is 8.46. The van der Waals surface area contributed by atoms with E-state index in [2.05, 4.69) is 15.2 Å². The van der Waals surface area contributed by atoms with Crippen LogP contribution in [-0.4, -0.2) is 43.8 Å². The van der Waals surface area contributed by atoms with Crippen molar-refractivity contribution in [3.05, 3.63) is 53.9 Å². The number of benzene rings is 1. The maximum absolute atomic E-state index is 13.0. The monoisotopic (exact) mass is 355 g/mol. The average Bonchev–Trinajstić information content (AvgIpc) is 3.37. The lowest BCUT2D eigenvalue weighted by molar-refractivity contribution is 0.0776. The molecule has 134 valence electrons. The van der Waals surface area contributed by atoms with Gasteiger partial charge in [-0.25, -0.2) is 4.39 Å². The smallest absolute Gasteiger partial charge is 0.272 e. The largest absolute Gasteiger partial charge is 0.337 e. The van der Waals surface area contributed by atoms with Crippen molar-refractivity contribution in [2.24, 2.45) is 13.0 Å². The van der Waals surface area contributed by atoms with Gasteiger partial charge in [0, 0.05) is 38.3 Å². The van der Waals surface area contributed by atoms with Gasteiger partial charge >= 0.3 is 0 Å². The Labute approximate surface area is 149 Å². The van der Waals surface area contributed by atoms with Gasteiger partial charge in [-0.3, -0.25) is 9.48 Å². The quantitative estimate of drug-likeness (QED) is 0.718. The van der Waals surface area contributed by atoms with Gasteiger partial charge < -0.3 is 9.42 Å². The fourth-order valence-electron chi connectivity index (χ4n) is 3.23. The zero-order valence-corrected chi connectivity index (χ0v) is 14.3. The molecule has 1 fully saturated rings. The van der Waals surface area contributed by atoms with Crippen molar-refractivity contribution in [1.29, 1.82) is 0 Å². The summed E-state index contributed by atoms with van der Waals surface area (Å²) in [6, 6.07) is 7.66. The van der Waals surface area contributed by atoms with Crippen LogP contribution in [0.25, 0.3) is 11.5 Å². The molecule has 1 aromatic carbocycles. The van der Waals surface area contributed by atoms with Crippen LogP contribution in [0.5, 0.6) is 0 Å². The Morgan fingerprint density at radius 1 is 1.31 bits per heavy atom.